The lowest BCUT2D eigenvalue weighted by Gasteiger charge is -2.32. The van der Waals surface area contributed by atoms with Gasteiger partial charge in [0.2, 0.25) is 21.8 Å². The minimum Gasteiger partial charge on any atom is -0.355 e. The molecule has 1 unspecified atom stereocenters. The molecule has 0 heterocycles. The molecule has 2 aromatic rings. The fraction of sp³-hybridized carbons (Fsp3) is 0.364. The largest absolute Gasteiger partial charge is 0.355 e. The highest BCUT2D eigenvalue weighted by molar-refractivity contribution is 7.92. The molecule has 1 atom stereocenters. The van der Waals surface area contributed by atoms with Crippen molar-refractivity contribution in [3.05, 3.63) is 62.6 Å². The molecule has 2 amide bonds. The van der Waals surface area contributed by atoms with Gasteiger partial charge in [0, 0.05) is 28.2 Å². The molecule has 33 heavy (non-hydrogen) atoms. The molecule has 0 fully saturated rings. The Balaban J connectivity index is 2.46. The topological polar surface area (TPSA) is 86.8 Å². The quantitative estimate of drug-likeness (QED) is 0.520. The highest BCUT2D eigenvalue weighted by Gasteiger charge is 2.30. The number of likely N-dealkylation sites (N-methyl/N-ethyl adjacent to an activating group) is 1. The van der Waals surface area contributed by atoms with Crippen molar-refractivity contribution >= 4 is 62.3 Å². The van der Waals surface area contributed by atoms with Gasteiger partial charge in [-0.1, -0.05) is 46.9 Å². The fourth-order valence-corrected chi connectivity index (χ4v) is 4.72. The fourth-order valence-electron chi connectivity index (χ4n) is 3.18. The number of hydrogen-bond acceptors (Lipinski definition) is 4. The second kappa shape index (κ2) is 11.4. The predicted octanol–water partition coefficient (Wildman–Crippen LogP) is 4.27. The number of rotatable bonds is 9. The van der Waals surface area contributed by atoms with Crippen LogP contribution in [0.1, 0.15) is 25.0 Å². The van der Waals surface area contributed by atoms with E-state index in [1.165, 1.54) is 17.0 Å². The molecule has 0 aromatic heterocycles. The zero-order chi connectivity index (χ0) is 24.9. The summed E-state index contributed by atoms with van der Waals surface area (Å²) in [5.74, 6) is -0.953. The maximum atomic E-state index is 13.4. The van der Waals surface area contributed by atoms with E-state index in [1.807, 2.05) is 0 Å². The van der Waals surface area contributed by atoms with E-state index >= 15 is 0 Å². The van der Waals surface area contributed by atoms with Gasteiger partial charge < -0.3 is 10.2 Å². The maximum absolute atomic E-state index is 13.4. The van der Waals surface area contributed by atoms with Crippen molar-refractivity contribution in [3.8, 4) is 0 Å². The number of carbonyl (C=O) groups is 2. The monoisotopic (exact) mass is 533 g/mol. The van der Waals surface area contributed by atoms with Crippen LogP contribution in [-0.4, -0.2) is 50.5 Å². The highest BCUT2D eigenvalue weighted by atomic mass is 35.5. The number of anilines is 1. The van der Waals surface area contributed by atoms with Crippen LogP contribution in [0.4, 0.5) is 5.69 Å². The Morgan fingerprint density at radius 1 is 1.06 bits per heavy atom. The smallest absolute Gasteiger partial charge is 0.244 e. The van der Waals surface area contributed by atoms with Crippen LogP contribution in [0.3, 0.4) is 0 Å². The Bertz CT molecular complexity index is 1140. The second-order valence-electron chi connectivity index (χ2n) is 7.53. The van der Waals surface area contributed by atoms with Crippen LogP contribution in [0.25, 0.3) is 0 Å². The minimum atomic E-state index is -3.85. The van der Waals surface area contributed by atoms with E-state index in [4.69, 9.17) is 34.8 Å². The molecule has 2 rings (SSSR count). The molecule has 1 N–H and O–H groups in total. The Kier molecular flexibility index (Phi) is 9.43. The van der Waals surface area contributed by atoms with Gasteiger partial charge in [0.15, 0.2) is 0 Å². The zero-order valence-corrected chi connectivity index (χ0v) is 21.8. The third-order valence-electron chi connectivity index (χ3n) is 4.99. The summed E-state index contributed by atoms with van der Waals surface area (Å²) in [7, 11) is -3.85. The molecule has 2 aromatic carbocycles. The molecule has 0 aliphatic carbocycles. The van der Waals surface area contributed by atoms with E-state index in [1.54, 1.807) is 45.0 Å². The summed E-state index contributed by atoms with van der Waals surface area (Å²) in [6.07, 6.45) is 1.01. The highest BCUT2D eigenvalue weighted by Crippen LogP contribution is 2.27. The molecule has 11 heteroatoms. The second-order valence-corrected chi connectivity index (χ2v) is 10.7. The van der Waals surface area contributed by atoms with Gasteiger partial charge >= 0.3 is 0 Å². The molecule has 0 spiro atoms. The van der Waals surface area contributed by atoms with Crippen LogP contribution >= 0.6 is 34.8 Å². The first-order valence-corrected chi connectivity index (χ1v) is 13.1. The molecule has 0 bridgehead atoms. The number of sulfonamides is 1. The lowest BCUT2D eigenvalue weighted by atomic mass is 10.1. The summed E-state index contributed by atoms with van der Waals surface area (Å²) in [6, 6.07) is 8.73. The molecule has 180 valence electrons. The summed E-state index contributed by atoms with van der Waals surface area (Å²) in [5, 5.41) is 3.77. The van der Waals surface area contributed by atoms with Crippen molar-refractivity contribution in [3.63, 3.8) is 0 Å². The van der Waals surface area contributed by atoms with E-state index in [9.17, 15) is 18.0 Å². The van der Waals surface area contributed by atoms with Gasteiger partial charge in [-0.25, -0.2) is 8.42 Å². The van der Waals surface area contributed by atoms with Gasteiger partial charge in [-0.15, -0.1) is 0 Å². The zero-order valence-electron chi connectivity index (χ0n) is 18.7. The number of aryl methyl sites for hydroxylation is 1. The summed E-state index contributed by atoms with van der Waals surface area (Å²) >= 11 is 18.3. The van der Waals surface area contributed by atoms with Gasteiger partial charge in [0.1, 0.15) is 12.6 Å². The molecular formula is C22H26Cl3N3O4S. The van der Waals surface area contributed by atoms with Crippen LogP contribution in [-0.2, 0) is 26.2 Å². The molecule has 0 saturated heterocycles. The molecule has 0 saturated carbocycles. The van der Waals surface area contributed by atoms with Gasteiger partial charge in [-0.2, -0.15) is 0 Å². The van der Waals surface area contributed by atoms with Crippen molar-refractivity contribution in [1.82, 2.24) is 10.2 Å². The van der Waals surface area contributed by atoms with Gasteiger partial charge in [0.25, 0.3) is 0 Å². The summed E-state index contributed by atoms with van der Waals surface area (Å²) in [5.41, 5.74) is 1.48. The summed E-state index contributed by atoms with van der Waals surface area (Å²) < 4.78 is 26.2. The van der Waals surface area contributed by atoms with Crippen LogP contribution in [0.15, 0.2) is 36.4 Å². The molecule has 0 aliphatic heterocycles. The first-order valence-electron chi connectivity index (χ1n) is 10.1. The van der Waals surface area contributed by atoms with E-state index in [2.05, 4.69) is 5.32 Å². The number of hydrogen-bond donors (Lipinski definition) is 1. The van der Waals surface area contributed by atoms with Gasteiger partial charge in [-0.3, -0.25) is 13.9 Å². The van der Waals surface area contributed by atoms with E-state index < -0.39 is 28.5 Å². The molecule has 0 aliphatic rings. The lowest BCUT2D eigenvalue weighted by Crippen LogP contribution is -2.51. The maximum Gasteiger partial charge on any atom is 0.244 e. The molecular weight excluding hydrogens is 509 g/mol. The van der Waals surface area contributed by atoms with Crippen LogP contribution in [0.5, 0.6) is 0 Å². The summed E-state index contributed by atoms with van der Waals surface area (Å²) in [4.78, 5) is 27.3. The average Bonchev–Trinajstić information content (AvgIpc) is 2.72. The first kappa shape index (κ1) is 27.2. The SMILES string of the molecule is CCNC(=O)C(C)N(Cc1ccc(Cl)cc1Cl)C(=O)CN(c1cc(Cl)ccc1C)S(C)(=O)=O. The van der Waals surface area contributed by atoms with E-state index in [0.717, 1.165) is 10.6 Å². The predicted molar refractivity (Wildman–Crippen MR) is 134 cm³/mol. The van der Waals surface area contributed by atoms with Gasteiger partial charge in [0.05, 0.1) is 11.9 Å². The van der Waals surface area contributed by atoms with E-state index in [0.29, 0.717) is 32.7 Å². The van der Waals surface area contributed by atoms with E-state index in [-0.39, 0.29) is 18.1 Å². The number of nitrogens with zero attached hydrogens (tertiary/aromatic N) is 2. The van der Waals surface area contributed by atoms with Crippen LogP contribution in [0, 0.1) is 6.92 Å². The average molecular weight is 535 g/mol. The number of benzene rings is 2. The van der Waals surface area contributed by atoms with Crippen LogP contribution in [0.2, 0.25) is 15.1 Å². The number of halogens is 3. The Hall–Kier alpha value is -2.00. The number of nitrogens with one attached hydrogen (secondary N) is 1. The first-order chi connectivity index (χ1) is 15.3. The van der Waals surface area contributed by atoms with Crippen molar-refractivity contribution in [2.45, 2.75) is 33.4 Å². The minimum absolute atomic E-state index is 0.0146. The lowest BCUT2D eigenvalue weighted by molar-refractivity contribution is -0.139. The summed E-state index contributed by atoms with van der Waals surface area (Å²) in [6.45, 7) is 4.90. The van der Waals surface area contributed by atoms with Crippen molar-refractivity contribution in [2.75, 3.05) is 23.7 Å². The molecule has 0 radical (unpaired) electrons. The third-order valence-corrected chi connectivity index (χ3v) is 6.94. The molecule has 7 nitrogen and oxygen atoms in total. The third kappa shape index (κ3) is 7.24. The Morgan fingerprint density at radius 2 is 1.67 bits per heavy atom. The van der Waals surface area contributed by atoms with Crippen molar-refractivity contribution in [1.29, 1.82) is 0 Å². The number of amides is 2. The Morgan fingerprint density at radius 3 is 2.24 bits per heavy atom. The van der Waals surface area contributed by atoms with Gasteiger partial charge in [-0.05, 0) is 56.2 Å². The standard InChI is InChI=1S/C22H26Cl3N3O4S/c1-5-26-22(30)15(3)27(12-16-7-9-17(23)10-19(16)25)21(29)13-28(33(4,31)32)20-11-18(24)8-6-14(20)2/h6-11,15H,5,12-13H2,1-4H3,(H,26,30). The Labute approximate surface area is 209 Å². The van der Waals surface area contributed by atoms with Crippen molar-refractivity contribution < 1.29 is 18.0 Å². The number of carbonyl (C=O) groups excluding carboxylic acids is 2. The normalized spacial score (nSPS) is 12.2. The van der Waals surface area contributed by atoms with Crippen LogP contribution < -0.4 is 9.62 Å². The van der Waals surface area contributed by atoms with Crippen molar-refractivity contribution in [2.24, 2.45) is 0 Å².